The molecule has 0 aliphatic carbocycles. The molecule has 1 unspecified atom stereocenters. The van der Waals surface area contributed by atoms with E-state index in [2.05, 4.69) is 5.18 Å². The summed E-state index contributed by atoms with van der Waals surface area (Å²) in [7, 11) is 0. The molecule has 0 amide bonds. The van der Waals surface area contributed by atoms with Crippen LogP contribution in [-0.2, 0) is 6.61 Å². The molecule has 0 fully saturated rings. The summed E-state index contributed by atoms with van der Waals surface area (Å²) in [6, 6.07) is 10.2. The van der Waals surface area contributed by atoms with E-state index in [-0.39, 0.29) is 23.7 Å². The van der Waals surface area contributed by atoms with E-state index in [0.717, 1.165) is 11.1 Å². The van der Waals surface area contributed by atoms with Gasteiger partial charge in [0.05, 0.1) is 10.0 Å². The van der Waals surface area contributed by atoms with E-state index in [1.807, 2.05) is 24.3 Å². The van der Waals surface area contributed by atoms with Crippen LogP contribution in [0.15, 0.2) is 52.1 Å². The Hall–Kier alpha value is -1.46. The highest BCUT2D eigenvalue weighted by molar-refractivity contribution is 6.55. The van der Waals surface area contributed by atoms with Crippen molar-refractivity contribution in [3.05, 3.63) is 73.0 Å². The van der Waals surface area contributed by atoms with Crippen LogP contribution in [0.25, 0.3) is 0 Å². The van der Waals surface area contributed by atoms with E-state index in [1.54, 1.807) is 19.1 Å². The Morgan fingerprint density at radius 2 is 1.73 bits per heavy atom. The second kappa shape index (κ2) is 10.0. The third-order valence-electron chi connectivity index (χ3n) is 3.46. The largest absolute Gasteiger partial charge is 0.489 e. The molecule has 0 radical (unpaired) electrons. The lowest BCUT2D eigenvalue weighted by Crippen LogP contribution is -1.99. The molecule has 0 bridgehead atoms. The third-order valence-corrected chi connectivity index (χ3v) is 4.33. The molecule has 0 saturated heterocycles. The van der Waals surface area contributed by atoms with Crippen molar-refractivity contribution in [3.63, 3.8) is 0 Å². The highest BCUT2D eigenvalue weighted by atomic mass is 35.5. The molecule has 0 heterocycles. The van der Waals surface area contributed by atoms with Gasteiger partial charge in [-0.1, -0.05) is 75.8 Å². The normalized spacial score (nSPS) is 11.6. The van der Waals surface area contributed by atoms with Crippen LogP contribution in [0.5, 0.6) is 11.5 Å². The molecule has 4 nitrogen and oxygen atoms in total. The summed E-state index contributed by atoms with van der Waals surface area (Å²) in [5, 5.41) is 3.64. The molecule has 1 atom stereocenters. The van der Waals surface area contributed by atoms with Gasteiger partial charge in [0.1, 0.15) is 29.5 Å². The van der Waals surface area contributed by atoms with Gasteiger partial charge in [-0.25, -0.2) is 0 Å². The molecule has 2 aromatic carbocycles. The van der Waals surface area contributed by atoms with E-state index >= 15 is 0 Å². The van der Waals surface area contributed by atoms with Crippen molar-refractivity contribution in [1.82, 2.24) is 0 Å². The van der Waals surface area contributed by atoms with Crippen molar-refractivity contribution in [2.75, 3.05) is 6.61 Å². The minimum Gasteiger partial charge on any atom is -0.489 e. The number of nitroso groups, excluding NO2 is 1. The Labute approximate surface area is 171 Å². The van der Waals surface area contributed by atoms with Crippen molar-refractivity contribution in [2.24, 2.45) is 5.18 Å². The average Bonchev–Trinajstić information content (AvgIpc) is 2.60. The fourth-order valence-corrected chi connectivity index (χ4v) is 2.77. The molecule has 0 aromatic heterocycles. The van der Waals surface area contributed by atoms with E-state index in [0.29, 0.717) is 21.5 Å². The van der Waals surface area contributed by atoms with Gasteiger partial charge in [-0.15, -0.1) is 0 Å². The Morgan fingerprint density at radius 3 is 2.27 bits per heavy atom. The molecule has 138 valence electrons. The highest BCUT2D eigenvalue weighted by Gasteiger charge is 2.11. The lowest BCUT2D eigenvalue weighted by Gasteiger charge is -2.13. The third kappa shape index (κ3) is 6.06. The number of benzene rings is 2. The predicted molar refractivity (Wildman–Crippen MR) is 107 cm³/mol. The maximum absolute atomic E-state index is 10.6. The van der Waals surface area contributed by atoms with Crippen molar-refractivity contribution < 1.29 is 9.47 Å². The molecular formula is C18H15Cl4NO3. The first-order valence-electron chi connectivity index (χ1n) is 7.57. The lowest BCUT2D eigenvalue weighted by molar-refractivity contribution is 0.305. The Morgan fingerprint density at radius 1 is 1.12 bits per heavy atom. The van der Waals surface area contributed by atoms with Gasteiger partial charge in [-0.05, 0) is 24.1 Å². The molecule has 0 spiro atoms. The summed E-state index contributed by atoms with van der Waals surface area (Å²) >= 11 is 23.5. The molecule has 2 aromatic rings. The number of hydrogen-bond acceptors (Lipinski definition) is 4. The summed E-state index contributed by atoms with van der Waals surface area (Å²) in [5.74, 6) is 0.830. The number of nitrogens with zero attached hydrogens (tertiary/aromatic N) is 1. The van der Waals surface area contributed by atoms with Crippen LogP contribution in [0.3, 0.4) is 0 Å². The quantitative estimate of drug-likeness (QED) is 0.416. The van der Waals surface area contributed by atoms with Crippen LogP contribution in [0.4, 0.5) is 0 Å². The van der Waals surface area contributed by atoms with Gasteiger partial charge in [-0.3, -0.25) is 0 Å². The van der Waals surface area contributed by atoms with Crippen molar-refractivity contribution in [2.45, 2.75) is 19.6 Å². The standard InChI is InChI=1S/C18H15Cl4NO3/c1-11(23-24)13-4-2-12(3-5-13)10-26-18-15(19)8-14(9-16(18)20)25-7-6-17(21)22/h2-6,8-9,11H,7,10H2,1H3. The zero-order valence-electron chi connectivity index (χ0n) is 13.7. The summed E-state index contributed by atoms with van der Waals surface area (Å²) in [5.41, 5.74) is 1.74. The fraction of sp³-hybridized carbons (Fsp3) is 0.222. The summed E-state index contributed by atoms with van der Waals surface area (Å²) in [6.07, 6.45) is 1.50. The van der Waals surface area contributed by atoms with Gasteiger partial charge >= 0.3 is 0 Å². The first-order chi connectivity index (χ1) is 12.4. The van der Waals surface area contributed by atoms with Gasteiger partial charge in [0.25, 0.3) is 0 Å². The Bertz CT molecular complexity index is 767. The summed E-state index contributed by atoms with van der Waals surface area (Å²) in [6.45, 7) is 2.20. The van der Waals surface area contributed by atoms with E-state index in [9.17, 15) is 4.91 Å². The first-order valence-corrected chi connectivity index (χ1v) is 9.09. The smallest absolute Gasteiger partial charge is 0.157 e. The minimum absolute atomic E-state index is 0.117. The van der Waals surface area contributed by atoms with Crippen LogP contribution >= 0.6 is 46.4 Å². The van der Waals surface area contributed by atoms with E-state index in [4.69, 9.17) is 55.9 Å². The van der Waals surface area contributed by atoms with E-state index < -0.39 is 0 Å². The molecule has 2 rings (SSSR count). The average molecular weight is 435 g/mol. The van der Waals surface area contributed by atoms with Gasteiger partial charge in [0.15, 0.2) is 5.75 Å². The van der Waals surface area contributed by atoms with Crippen LogP contribution < -0.4 is 9.47 Å². The monoisotopic (exact) mass is 433 g/mol. The molecular weight excluding hydrogens is 420 g/mol. The maximum Gasteiger partial charge on any atom is 0.157 e. The number of ether oxygens (including phenoxy) is 2. The summed E-state index contributed by atoms with van der Waals surface area (Å²) in [4.78, 5) is 10.6. The van der Waals surface area contributed by atoms with Crippen LogP contribution in [0, 0.1) is 4.91 Å². The SMILES string of the molecule is CC(N=O)c1ccc(COc2c(Cl)cc(OCC=C(Cl)Cl)cc2Cl)cc1. The first kappa shape index (κ1) is 20.8. The van der Waals surface area contributed by atoms with E-state index in [1.165, 1.54) is 6.08 Å². The van der Waals surface area contributed by atoms with Gasteiger partial charge < -0.3 is 9.47 Å². The van der Waals surface area contributed by atoms with Gasteiger partial charge in [-0.2, -0.15) is 4.91 Å². The van der Waals surface area contributed by atoms with Gasteiger partial charge in [0.2, 0.25) is 0 Å². The zero-order chi connectivity index (χ0) is 19.1. The molecule has 0 N–H and O–H groups in total. The Kier molecular flexibility index (Phi) is 8.04. The van der Waals surface area contributed by atoms with Crippen molar-refractivity contribution >= 4 is 46.4 Å². The van der Waals surface area contributed by atoms with Crippen molar-refractivity contribution in [3.8, 4) is 11.5 Å². The Balaban J connectivity index is 2.03. The second-order valence-electron chi connectivity index (χ2n) is 5.33. The fourth-order valence-electron chi connectivity index (χ4n) is 2.07. The zero-order valence-corrected chi connectivity index (χ0v) is 16.7. The van der Waals surface area contributed by atoms with Crippen LogP contribution in [0.2, 0.25) is 10.0 Å². The molecule has 8 heteroatoms. The topological polar surface area (TPSA) is 47.9 Å². The predicted octanol–water partition coefficient (Wildman–Crippen LogP) is 7.10. The highest BCUT2D eigenvalue weighted by Crippen LogP contribution is 2.37. The maximum atomic E-state index is 10.6. The van der Waals surface area contributed by atoms with Crippen LogP contribution in [0.1, 0.15) is 24.1 Å². The van der Waals surface area contributed by atoms with Crippen molar-refractivity contribution in [1.29, 1.82) is 0 Å². The summed E-state index contributed by atoms with van der Waals surface area (Å²) < 4.78 is 11.3. The minimum atomic E-state index is -0.384. The van der Waals surface area contributed by atoms with Crippen LogP contribution in [-0.4, -0.2) is 6.61 Å². The molecule has 26 heavy (non-hydrogen) atoms. The molecule has 0 aliphatic rings. The number of rotatable bonds is 8. The number of halogens is 4. The number of hydrogen-bond donors (Lipinski definition) is 0. The molecule has 0 aliphatic heterocycles. The van der Waals surface area contributed by atoms with Gasteiger partial charge in [0, 0.05) is 12.1 Å². The molecule has 0 saturated carbocycles. The second-order valence-corrected chi connectivity index (χ2v) is 7.15. The lowest BCUT2D eigenvalue weighted by atomic mass is 10.1.